The molecule has 1 N–H and O–H groups in total. The molecule has 1 heterocycles. The van der Waals surface area contributed by atoms with Gasteiger partial charge in [-0.25, -0.2) is 8.42 Å². The van der Waals surface area contributed by atoms with Gasteiger partial charge in [-0.1, -0.05) is 11.6 Å². The maximum atomic E-state index is 11.6. The molecule has 110 valence electrons. The summed E-state index contributed by atoms with van der Waals surface area (Å²) in [7, 11) is -3.20. The van der Waals surface area contributed by atoms with Crippen molar-refractivity contribution < 1.29 is 8.42 Å². The first kappa shape index (κ1) is 14.2. The first-order chi connectivity index (χ1) is 9.43. The third-order valence-electron chi connectivity index (χ3n) is 4.01. The Balaban J connectivity index is 1.73. The zero-order valence-corrected chi connectivity index (χ0v) is 13.0. The highest BCUT2D eigenvalue weighted by Crippen LogP contribution is 2.32. The molecule has 0 amide bonds. The van der Waals surface area contributed by atoms with Crippen LogP contribution in [0.2, 0.25) is 5.02 Å². The Bertz CT molecular complexity index is 614. The number of hydrogen-bond donors (Lipinski definition) is 1. The number of halogens is 1. The fraction of sp³-hybridized carbons (Fsp3) is 0.571. The maximum absolute atomic E-state index is 11.6. The van der Waals surface area contributed by atoms with Gasteiger partial charge in [0.05, 0.1) is 15.6 Å². The molecule has 20 heavy (non-hydrogen) atoms. The SMILES string of the molecule is CS(=O)(=O)c1ccc(Cl)c(NC2CCN(C3CC3)C2)c1. The van der Waals surface area contributed by atoms with Crippen molar-refractivity contribution >= 4 is 27.1 Å². The van der Waals surface area contributed by atoms with Crippen LogP contribution >= 0.6 is 11.6 Å². The number of sulfone groups is 1. The van der Waals surface area contributed by atoms with E-state index in [-0.39, 0.29) is 0 Å². The molecule has 0 spiro atoms. The zero-order chi connectivity index (χ0) is 14.3. The summed E-state index contributed by atoms with van der Waals surface area (Å²) in [5.74, 6) is 0. The van der Waals surface area contributed by atoms with Crippen molar-refractivity contribution in [2.75, 3.05) is 24.7 Å². The summed E-state index contributed by atoms with van der Waals surface area (Å²) in [6, 6.07) is 5.96. The first-order valence-electron chi connectivity index (χ1n) is 6.94. The molecule has 1 unspecified atom stereocenters. The Labute approximate surface area is 125 Å². The Morgan fingerprint density at radius 2 is 2.05 bits per heavy atom. The summed E-state index contributed by atoms with van der Waals surface area (Å²) in [5.41, 5.74) is 0.720. The van der Waals surface area contributed by atoms with Gasteiger partial charge in [-0.3, -0.25) is 4.90 Å². The fourth-order valence-electron chi connectivity index (χ4n) is 2.74. The molecule has 1 aliphatic heterocycles. The number of anilines is 1. The molecule has 1 aromatic rings. The van der Waals surface area contributed by atoms with Crippen LogP contribution < -0.4 is 5.32 Å². The minimum atomic E-state index is -3.20. The van der Waals surface area contributed by atoms with Crippen LogP contribution in [0.5, 0.6) is 0 Å². The van der Waals surface area contributed by atoms with E-state index in [1.165, 1.54) is 19.1 Å². The number of likely N-dealkylation sites (tertiary alicyclic amines) is 1. The highest BCUT2D eigenvalue weighted by atomic mass is 35.5. The van der Waals surface area contributed by atoms with Gasteiger partial charge in [0.25, 0.3) is 0 Å². The molecule has 1 saturated carbocycles. The van der Waals surface area contributed by atoms with Crippen LogP contribution in [-0.4, -0.2) is 44.7 Å². The lowest BCUT2D eigenvalue weighted by Crippen LogP contribution is -2.27. The molecule has 1 aliphatic carbocycles. The molecule has 6 heteroatoms. The summed E-state index contributed by atoms with van der Waals surface area (Å²) in [4.78, 5) is 2.81. The number of nitrogens with zero attached hydrogens (tertiary/aromatic N) is 1. The third-order valence-corrected chi connectivity index (χ3v) is 5.45. The van der Waals surface area contributed by atoms with Gasteiger partial charge in [0, 0.05) is 31.4 Å². The highest BCUT2D eigenvalue weighted by molar-refractivity contribution is 7.90. The van der Waals surface area contributed by atoms with Crippen LogP contribution in [0.4, 0.5) is 5.69 Å². The second kappa shape index (κ2) is 5.20. The largest absolute Gasteiger partial charge is 0.380 e. The van der Waals surface area contributed by atoms with Gasteiger partial charge in [-0.05, 0) is 37.5 Å². The minimum Gasteiger partial charge on any atom is -0.380 e. The van der Waals surface area contributed by atoms with Gasteiger partial charge in [0.2, 0.25) is 0 Å². The van der Waals surface area contributed by atoms with E-state index in [1.54, 1.807) is 18.2 Å². The second-order valence-electron chi connectivity index (χ2n) is 5.77. The molecule has 0 radical (unpaired) electrons. The van der Waals surface area contributed by atoms with Crippen molar-refractivity contribution in [3.63, 3.8) is 0 Å². The van der Waals surface area contributed by atoms with E-state index >= 15 is 0 Å². The van der Waals surface area contributed by atoms with Gasteiger partial charge < -0.3 is 5.32 Å². The van der Waals surface area contributed by atoms with Crippen LogP contribution in [0.15, 0.2) is 23.1 Å². The molecule has 2 aliphatic rings. The molecule has 0 aromatic heterocycles. The maximum Gasteiger partial charge on any atom is 0.175 e. The average molecular weight is 315 g/mol. The third kappa shape index (κ3) is 3.10. The Kier molecular flexibility index (Phi) is 3.69. The van der Waals surface area contributed by atoms with E-state index in [2.05, 4.69) is 10.2 Å². The van der Waals surface area contributed by atoms with Crippen molar-refractivity contribution in [2.24, 2.45) is 0 Å². The number of nitrogens with one attached hydrogen (secondary N) is 1. The molecular weight excluding hydrogens is 296 g/mol. The smallest absolute Gasteiger partial charge is 0.175 e. The lowest BCUT2D eigenvalue weighted by atomic mass is 10.2. The predicted molar refractivity (Wildman–Crippen MR) is 81.2 cm³/mol. The Morgan fingerprint density at radius 1 is 1.30 bits per heavy atom. The summed E-state index contributed by atoms with van der Waals surface area (Å²) < 4.78 is 23.2. The molecule has 1 atom stereocenters. The molecule has 4 nitrogen and oxygen atoms in total. The standard InChI is InChI=1S/C14H19ClN2O2S/c1-20(18,19)12-4-5-13(15)14(8-12)16-10-6-7-17(9-10)11-2-3-11/h4-5,8,10-11,16H,2-3,6-7,9H2,1H3. The van der Waals surface area contributed by atoms with Crippen LogP contribution in [0.3, 0.4) is 0 Å². The lowest BCUT2D eigenvalue weighted by Gasteiger charge is -2.18. The number of rotatable bonds is 4. The van der Waals surface area contributed by atoms with Gasteiger partial charge in [-0.2, -0.15) is 0 Å². The van der Waals surface area contributed by atoms with Crippen LogP contribution in [0.1, 0.15) is 19.3 Å². The van der Waals surface area contributed by atoms with Gasteiger partial charge in [-0.15, -0.1) is 0 Å². The van der Waals surface area contributed by atoms with E-state index in [9.17, 15) is 8.42 Å². The molecule has 2 fully saturated rings. The summed E-state index contributed by atoms with van der Waals surface area (Å²) in [6.07, 6.45) is 4.93. The number of hydrogen-bond acceptors (Lipinski definition) is 4. The predicted octanol–water partition coefficient (Wildman–Crippen LogP) is 2.39. The highest BCUT2D eigenvalue weighted by Gasteiger charge is 2.34. The van der Waals surface area contributed by atoms with Crippen molar-refractivity contribution in [1.29, 1.82) is 0 Å². The molecule has 0 bridgehead atoms. The minimum absolute atomic E-state index is 0.307. The lowest BCUT2D eigenvalue weighted by molar-refractivity contribution is 0.326. The number of benzene rings is 1. The van der Waals surface area contributed by atoms with Gasteiger partial charge >= 0.3 is 0 Å². The monoisotopic (exact) mass is 314 g/mol. The summed E-state index contributed by atoms with van der Waals surface area (Å²) >= 11 is 6.17. The second-order valence-corrected chi connectivity index (χ2v) is 8.19. The van der Waals surface area contributed by atoms with Gasteiger partial charge in [0.15, 0.2) is 9.84 Å². The van der Waals surface area contributed by atoms with E-state index in [0.29, 0.717) is 16.0 Å². The Hall–Kier alpha value is -0.780. The van der Waals surface area contributed by atoms with Crippen molar-refractivity contribution in [3.05, 3.63) is 23.2 Å². The molecular formula is C14H19ClN2O2S. The topological polar surface area (TPSA) is 49.4 Å². The van der Waals surface area contributed by atoms with Crippen LogP contribution in [-0.2, 0) is 9.84 Å². The van der Waals surface area contributed by atoms with Crippen molar-refractivity contribution in [3.8, 4) is 0 Å². The zero-order valence-electron chi connectivity index (χ0n) is 11.5. The first-order valence-corrected chi connectivity index (χ1v) is 9.20. The fourth-order valence-corrected chi connectivity index (χ4v) is 3.56. The summed E-state index contributed by atoms with van der Waals surface area (Å²) in [6.45, 7) is 2.13. The van der Waals surface area contributed by atoms with E-state index in [1.807, 2.05) is 0 Å². The van der Waals surface area contributed by atoms with E-state index in [4.69, 9.17) is 11.6 Å². The van der Waals surface area contributed by atoms with Crippen molar-refractivity contribution in [1.82, 2.24) is 4.90 Å². The van der Waals surface area contributed by atoms with Gasteiger partial charge in [0.1, 0.15) is 0 Å². The molecule has 3 rings (SSSR count). The average Bonchev–Trinajstić information content (AvgIpc) is 3.12. The van der Waals surface area contributed by atoms with Crippen LogP contribution in [0, 0.1) is 0 Å². The normalized spacial score (nSPS) is 24.0. The quantitative estimate of drug-likeness (QED) is 0.927. The van der Waals surface area contributed by atoms with E-state index in [0.717, 1.165) is 31.2 Å². The molecule has 1 saturated heterocycles. The molecule has 1 aromatic carbocycles. The summed E-state index contributed by atoms with van der Waals surface area (Å²) in [5, 5.41) is 3.97. The Morgan fingerprint density at radius 3 is 2.70 bits per heavy atom. The van der Waals surface area contributed by atoms with Crippen molar-refractivity contribution in [2.45, 2.75) is 36.2 Å². The van der Waals surface area contributed by atoms with Crippen LogP contribution in [0.25, 0.3) is 0 Å². The van der Waals surface area contributed by atoms with E-state index < -0.39 is 9.84 Å².